The number of nitrogens with two attached hydrogens (primary N) is 1. The van der Waals surface area contributed by atoms with Crippen molar-refractivity contribution in [2.45, 2.75) is 26.2 Å². The standard InChI is InChI=1S/C21H24ClN5O5/c1-12-9-14(22)4-6-16(12)24-20(30)8-5-15(26-27-21(31)25-23)11-18(29)13-3-7-17(28)19(10-13)32-2/h3-4,6-7,9-10,28H,5,8,11,23H2,1-2H3,(H,24,30)(H2,25,27,31)/b26-15-. The number of hydrazine groups is 1. The Morgan fingerprint density at radius 2 is 1.91 bits per heavy atom. The Labute approximate surface area is 189 Å². The minimum atomic E-state index is -0.775. The van der Waals surface area contributed by atoms with Crippen LogP contribution in [-0.4, -0.2) is 35.6 Å². The number of carbonyl (C=O) groups excluding carboxylic acids is 3. The molecule has 0 atom stereocenters. The van der Waals surface area contributed by atoms with Crippen LogP contribution in [0.15, 0.2) is 41.5 Å². The first-order valence-electron chi connectivity index (χ1n) is 9.51. The highest BCUT2D eigenvalue weighted by molar-refractivity contribution is 6.30. The molecule has 11 heteroatoms. The molecule has 2 aromatic carbocycles. The number of hydrogen-bond donors (Lipinski definition) is 5. The van der Waals surface area contributed by atoms with E-state index in [-0.39, 0.29) is 53.7 Å². The summed E-state index contributed by atoms with van der Waals surface area (Å²) in [4.78, 5) is 36.4. The number of amides is 3. The van der Waals surface area contributed by atoms with Crippen molar-refractivity contribution in [3.05, 3.63) is 52.5 Å². The summed E-state index contributed by atoms with van der Waals surface area (Å²) < 4.78 is 5.01. The van der Waals surface area contributed by atoms with E-state index < -0.39 is 6.03 Å². The summed E-state index contributed by atoms with van der Waals surface area (Å²) in [6.45, 7) is 1.81. The summed E-state index contributed by atoms with van der Waals surface area (Å²) in [6, 6.07) is 8.48. The molecule has 0 heterocycles. The van der Waals surface area contributed by atoms with Gasteiger partial charge in [-0.05, 0) is 55.3 Å². The van der Waals surface area contributed by atoms with Gasteiger partial charge in [0.2, 0.25) is 5.91 Å². The van der Waals surface area contributed by atoms with Gasteiger partial charge in [-0.3, -0.25) is 15.0 Å². The Morgan fingerprint density at radius 1 is 1.16 bits per heavy atom. The second-order valence-electron chi connectivity index (χ2n) is 6.76. The summed E-state index contributed by atoms with van der Waals surface area (Å²) in [6.07, 6.45) is -0.0602. The molecule has 0 aliphatic carbocycles. The van der Waals surface area contributed by atoms with Crippen molar-refractivity contribution in [1.82, 2.24) is 10.9 Å². The normalized spacial score (nSPS) is 10.9. The molecule has 10 nitrogen and oxygen atoms in total. The summed E-state index contributed by atoms with van der Waals surface area (Å²) in [5.41, 5.74) is 5.97. The van der Waals surface area contributed by atoms with Gasteiger partial charge < -0.3 is 15.2 Å². The van der Waals surface area contributed by atoms with Crippen LogP contribution in [0.25, 0.3) is 0 Å². The zero-order chi connectivity index (χ0) is 23.7. The van der Waals surface area contributed by atoms with Gasteiger partial charge in [0.05, 0.1) is 13.5 Å². The lowest BCUT2D eigenvalue weighted by atomic mass is 10.0. The van der Waals surface area contributed by atoms with Gasteiger partial charge in [0.15, 0.2) is 17.3 Å². The number of nitrogens with one attached hydrogen (secondary N) is 3. The lowest BCUT2D eigenvalue weighted by molar-refractivity contribution is -0.116. The van der Waals surface area contributed by atoms with E-state index in [0.717, 1.165) is 5.56 Å². The zero-order valence-corrected chi connectivity index (χ0v) is 18.3. The maximum Gasteiger partial charge on any atom is 0.349 e. The fourth-order valence-corrected chi connectivity index (χ4v) is 2.95. The Morgan fingerprint density at radius 3 is 2.56 bits per heavy atom. The lowest BCUT2D eigenvalue weighted by Gasteiger charge is -2.10. The van der Waals surface area contributed by atoms with Gasteiger partial charge in [0.25, 0.3) is 0 Å². The smallest absolute Gasteiger partial charge is 0.349 e. The van der Waals surface area contributed by atoms with Crippen molar-refractivity contribution in [2.24, 2.45) is 10.9 Å². The molecule has 0 saturated heterocycles. The quantitative estimate of drug-likeness (QED) is 0.127. The highest BCUT2D eigenvalue weighted by Gasteiger charge is 2.15. The average Bonchev–Trinajstić information content (AvgIpc) is 2.77. The average molecular weight is 462 g/mol. The number of aryl methyl sites for hydroxylation is 1. The third-order valence-corrected chi connectivity index (χ3v) is 4.65. The number of halogens is 1. The van der Waals surface area contributed by atoms with Crippen LogP contribution in [0.2, 0.25) is 5.02 Å². The summed E-state index contributed by atoms with van der Waals surface area (Å²) in [7, 11) is 1.37. The van der Waals surface area contributed by atoms with E-state index in [1.807, 2.05) is 12.3 Å². The predicted octanol–water partition coefficient (Wildman–Crippen LogP) is 2.88. The lowest BCUT2D eigenvalue weighted by Crippen LogP contribution is -2.37. The molecule has 2 rings (SSSR count). The monoisotopic (exact) mass is 461 g/mol. The molecule has 170 valence electrons. The number of carbonyl (C=O) groups is 3. The topological polar surface area (TPSA) is 155 Å². The second kappa shape index (κ2) is 11.7. The number of Topliss-reactive ketones (excluding diaryl/α,β-unsaturated/α-hetero) is 1. The number of aromatic hydroxyl groups is 1. The predicted molar refractivity (Wildman–Crippen MR) is 121 cm³/mol. The van der Waals surface area contributed by atoms with Crippen molar-refractivity contribution >= 4 is 40.7 Å². The number of benzene rings is 2. The summed E-state index contributed by atoms with van der Waals surface area (Å²) in [5.74, 6) is 4.42. The van der Waals surface area contributed by atoms with E-state index in [1.54, 1.807) is 18.2 Å². The number of methoxy groups -OCH3 is 1. The van der Waals surface area contributed by atoms with Crippen molar-refractivity contribution in [3.8, 4) is 11.5 Å². The molecular formula is C21H24ClN5O5. The first kappa shape index (κ1) is 24.6. The highest BCUT2D eigenvalue weighted by Crippen LogP contribution is 2.27. The van der Waals surface area contributed by atoms with E-state index in [2.05, 4.69) is 15.8 Å². The molecule has 6 N–H and O–H groups in total. The maximum atomic E-state index is 12.7. The summed E-state index contributed by atoms with van der Waals surface area (Å²) in [5, 5.41) is 16.9. The molecule has 0 saturated carbocycles. The number of anilines is 1. The molecule has 0 aliphatic heterocycles. The van der Waals surface area contributed by atoms with Crippen LogP contribution in [0, 0.1) is 6.92 Å². The third kappa shape index (κ3) is 7.25. The molecule has 0 radical (unpaired) electrons. The largest absolute Gasteiger partial charge is 0.504 e. The molecule has 2 aromatic rings. The summed E-state index contributed by atoms with van der Waals surface area (Å²) >= 11 is 5.92. The highest BCUT2D eigenvalue weighted by atomic mass is 35.5. The van der Waals surface area contributed by atoms with E-state index >= 15 is 0 Å². The molecule has 0 bridgehead atoms. The van der Waals surface area contributed by atoms with E-state index in [1.165, 1.54) is 25.3 Å². The Kier molecular flexibility index (Phi) is 8.99. The first-order chi connectivity index (χ1) is 15.2. The van der Waals surface area contributed by atoms with Crippen LogP contribution in [0.5, 0.6) is 11.5 Å². The van der Waals surface area contributed by atoms with Gasteiger partial charge in [-0.2, -0.15) is 5.10 Å². The number of phenols is 1. The van der Waals surface area contributed by atoms with Crippen LogP contribution in [0.3, 0.4) is 0 Å². The number of rotatable bonds is 9. The molecule has 3 amide bonds. The van der Waals surface area contributed by atoms with Crippen molar-refractivity contribution in [3.63, 3.8) is 0 Å². The number of urea groups is 1. The van der Waals surface area contributed by atoms with Gasteiger partial charge in [-0.1, -0.05) is 11.6 Å². The number of nitrogens with zero attached hydrogens (tertiary/aromatic N) is 1. The minimum Gasteiger partial charge on any atom is -0.504 e. The van der Waals surface area contributed by atoms with E-state index in [9.17, 15) is 19.5 Å². The first-order valence-corrected chi connectivity index (χ1v) is 9.89. The Balaban J connectivity index is 2.08. The van der Waals surface area contributed by atoms with Gasteiger partial charge in [-0.25, -0.2) is 16.1 Å². The number of hydrazone groups is 1. The van der Waals surface area contributed by atoms with Crippen molar-refractivity contribution in [2.75, 3.05) is 12.4 Å². The van der Waals surface area contributed by atoms with Gasteiger partial charge in [0, 0.05) is 28.4 Å². The van der Waals surface area contributed by atoms with Gasteiger partial charge in [0.1, 0.15) is 0 Å². The SMILES string of the molecule is COc1cc(C(=O)C/C(CCC(=O)Nc2ccc(Cl)cc2C)=N\NC(=O)NN)ccc1O. The number of phenolic OH excluding ortho intramolecular Hbond substituents is 1. The van der Waals surface area contributed by atoms with Crippen LogP contribution in [0.4, 0.5) is 10.5 Å². The molecule has 0 fully saturated rings. The van der Waals surface area contributed by atoms with Crippen LogP contribution in [-0.2, 0) is 4.79 Å². The fraction of sp³-hybridized carbons (Fsp3) is 0.238. The number of ketones is 1. The maximum absolute atomic E-state index is 12.7. The molecule has 0 aromatic heterocycles. The number of ether oxygens (including phenoxy) is 1. The van der Waals surface area contributed by atoms with Crippen molar-refractivity contribution < 1.29 is 24.2 Å². The van der Waals surface area contributed by atoms with Crippen LogP contribution in [0.1, 0.15) is 35.2 Å². The Bertz CT molecular complexity index is 1040. The minimum absolute atomic E-state index is 0.0129. The molecule has 32 heavy (non-hydrogen) atoms. The van der Waals surface area contributed by atoms with Crippen molar-refractivity contribution in [1.29, 1.82) is 0 Å². The fourth-order valence-electron chi connectivity index (χ4n) is 2.72. The third-order valence-electron chi connectivity index (χ3n) is 4.42. The molecule has 0 aliphatic rings. The van der Waals surface area contributed by atoms with Gasteiger partial charge in [-0.15, -0.1) is 0 Å². The molecule has 0 spiro atoms. The zero-order valence-electron chi connectivity index (χ0n) is 17.6. The van der Waals surface area contributed by atoms with E-state index in [4.69, 9.17) is 22.2 Å². The van der Waals surface area contributed by atoms with Crippen LogP contribution >= 0.6 is 11.6 Å². The molecule has 0 unspecified atom stereocenters. The Hall–Kier alpha value is -3.63. The number of hydrogen-bond acceptors (Lipinski definition) is 7. The van der Waals surface area contributed by atoms with E-state index in [0.29, 0.717) is 10.7 Å². The molecular weight excluding hydrogens is 438 g/mol. The van der Waals surface area contributed by atoms with Gasteiger partial charge >= 0.3 is 6.03 Å². The second-order valence-corrected chi connectivity index (χ2v) is 7.19. The van der Waals surface area contributed by atoms with Crippen LogP contribution < -0.4 is 26.7 Å².